The van der Waals surface area contributed by atoms with Crippen LogP contribution < -0.4 is 0 Å². The molecular formula is C9H15F3N2O2S. The molecule has 0 saturated heterocycles. The number of thioether (sulfide) groups is 1. The maximum atomic E-state index is 12.7. The second-order valence-electron chi connectivity index (χ2n) is 3.64. The number of ether oxygens (including phenoxy) is 1. The third kappa shape index (κ3) is 2.86. The van der Waals surface area contributed by atoms with Gasteiger partial charge in [-0.15, -0.1) is 0 Å². The predicted molar refractivity (Wildman–Crippen MR) is 59.7 cm³/mol. The molecule has 0 spiro atoms. The van der Waals surface area contributed by atoms with Gasteiger partial charge in [-0.2, -0.15) is 13.2 Å². The Hall–Kier alpha value is -0.470. The van der Waals surface area contributed by atoms with E-state index in [4.69, 9.17) is 4.74 Å². The van der Waals surface area contributed by atoms with Crippen LogP contribution in [0.15, 0.2) is 4.99 Å². The summed E-state index contributed by atoms with van der Waals surface area (Å²) in [5.41, 5.74) is -3.06. The summed E-state index contributed by atoms with van der Waals surface area (Å²) in [5.74, 6) is 0. The van der Waals surface area contributed by atoms with Crippen molar-refractivity contribution in [3.8, 4) is 0 Å². The molecule has 4 nitrogen and oxygen atoms in total. The molecule has 0 amide bonds. The van der Waals surface area contributed by atoms with Gasteiger partial charge in [0.05, 0.1) is 6.42 Å². The molecule has 1 aliphatic heterocycles. The fourth-order valence-corrected chi connectivity index (χ4v) is 2.17. The van der Waals surface area contributed by atoms with Crippen molar-refractivity contribution in [2.24, 2.45) is 4.99 Å². The molecule has 0 aromatic carbocycles. The average molecular weight is 272 g/mol. The van der Waals surface area contributed by atoms with Gasteiger partial charge >= 0.3 is 6.18 Å². The number of aliphatic hydroxyl groups is 1. The molecule has 1 heterocycles. The van der Waals surface area contributed by atoms with E-state index in [0.717, 1.165) is 11.8 Å². The highest BCUT2D eigenvalue weighted by molar-refractivity contribution is 8.13. The van der Waals surface area contributed by atoms with Crippen LogP contribution in [-0.4, -0.2) is 53.2 Å². The maximum absolute atomic E-state index is 12.7. The minimum absolute atomic E-state index is 0.106. The van der Waals surface area contributed by atoms with Gasteiger partial charge in [-0.1, -0.05) is 11.8 Å². The summed E-state index contributed by atoms with van der Waals surface area (Å²) < 4.78 is 43.4. The van der Waals surface area contributed by atoms with Gasteiger partial charge in [-0.25, -0.2) is 4.99 Å². The molecule has 0 aliphatic carbocycles. The number of nitrogens with zero attached hydrogens (tertiary/aromatic N) is 2. The van der Waals surface area contributed by atoms with Crippen LogP contribution in [0.3, 0.4) is 0 Å². The van der Waals surface area contributed by atoms with Crippen LogP contribution in [0.4, 0.5) is 13.2 Å². The first-order valence-electron chi connectivity index (χ1n) is 5.02. The van der Waals surface area contributed by atoms with Gasteiger partial charge in [0.15, 0.2) is 5.17 Å². The van der Waals surface area contributed by atoms with Crippen LogP contribution in [-0.2, 0) is 4.74 Å². The highest BCUT2D eigenvalue weighted by Crippen LogP contribution is 2.39. The normalized spacial score (nSPS) is 30.4. The lowest BCUT2D eigenvalue weighted by atomic mass is 10.1. The van der Waals surface area contributed by atoms with E-state index in [9.17, 15) is 18.3 Å². The van der Waals surface area contributed by atoms with Gasteiger partial charge in [-0.05, 0) is 13.2 Å². The summed E-state index contributed by atoms with van der Waals surface area (Å²) >= 11 is 1.04. The molecule has 0 unspecified atom stereocenters. The van der Waals surface area contributed by atoms with E-state index in [1.54, 1.807) is 20.2 Å². The average Bonchev–Trinajstić information content (AvgIpc) is 2.22. The Morgan fingerprint density at radius 2 is 2.24 bits per heavy atom. The Kier molecular flexibility index (Phi) is 4.32. The first-order chi connectivity index (χ1) is 7.75. The minimum atomic E-state index is -4.80. The number of halogens is 3. The van der Waals surface area contributed by atoms with E-state index in [1.807, 2.05) is 0 Å². The fourth-order valence-electron chi connectivity index (χ4n) is 1.52. The lowest BCUT2D eigenvalue weighted by Crippen LogP contribution is -2.55. The number of hydrogen-bond acceptors (Lipinski definition) is 5. The van der Waals surface area contributed by atoms with E-state index in [0.29, 0.717) is 0 Å². The topological polar surface area (TPSA) is 45.1 Å². The van der Waals surface area contributed by atoms with Crippen molar-refractivity contribution in [1.82, 2.24) is 4.90 Å². The first-order valence-corrected chi connectivity index (χ1v) is 6.25. The molecule has 0 aromatic rings. The summed E-state index contributed by atoms with van der Waals surface area (Å²) in [7, 11) is 1.59. The van der Waals surface area contributed by atoms with Crippen LogP contribution in [0, 0.1) is 0 Å². The smallest absolute Gasteiger partial charge is 0.362 e. The van der Waals surface area contributed by atoms with Gasteiger partial charge in [0, 0.05) is 13.7 Å². The molecule has 1 aliphatic rings. The molecule has 2 atom stereocenters. The fraction of sp³-hybridized carbons (Fsp3) is 0.889. The van der Waals surface area contributed by atoms with Crippen LogP contribution in [0.25, 0.3) is 0 Å². The molecule has 0 fully saturated rings. The van der Waals surface area contributed by atoms with Crippen molar-refractivity contribution in [3.05, 3.63) is 0 Å². The lowest BCUT2D eigenvalue weighted by molar-refractivity contribution is -0.274. The number of alkyl halides is 3. The van der Waals surface area contributed by atoms with Crippen LogP contribution in [0.2, 0.25) is 0 Å². The molecule has 0 bridgehead atoms. The molecule has 0 radical (unpaired) electrons. The van der Waals surface area contributed by atoms with Gasteiger partial charge < -0.3 is 14.7 Å². The van der Waals surface area contributed by atoms with E-state index in [-0.39, 0.29) is 11.8 Å². The summed E-state index contributed by atoms with van der Waals surface area (Å²) in [6.07, 6.45) is -4.65. The van der Waals surface area contributed by atoms with Crippen molar-refractivity contribution in [1.29, 1.82) is 0 Å². The molecule has 17 heavy (non-hydrogen) atoms. The predicted octanol–water partition coefficient (Wildman–Crippen LogP) is 1.65. The van der Waals surface area contributed by atoms with Crippen molar-refractivity contribution in [2.75, 3.05) is 19.9 Å². The van der Waals surface area contributed by atoms with E-state index in [2.05, 4.69) is 4.99 Å². The molecule has 1 rings (SSSR count). The molecule has 0 saturated carbocycles. The Morgan fingerprint density at radius 1 is 1.65 bits per heavy atom. The molecule has 1 N–H and O–H groups in total. The van der Waals surface area contributed by atoms with Crippen LogP contribution in [0.1, 0.15) is 13.3 Å². The van der Waals surface area contributed by atoms with Gasteiger partial charge in [0.2, 0.25) is 0 Å². The zero-order valence-electron chi connectivity index (χ0n) is 9.78. The summed E-state index contributed by atoms with van der Waals surface area (Å²) in [6.45, 7) is 1.95. The third-order valence-corrected chi connectivity index (χ3v) is 3.21. The minimum Gasteiger partial charge on any atom is -0.362 e. The quantitative estimate of drug-likeness (QED) is 0.830. The van der Waals surface area contributed by atoms with Crippen molar-refractivity contribution in [2.45, 2.75) is 31.5 Å². The van der Waals surface area contributed by atoms with Crippen LogP contribution >= 0.6 is 11.8 Å². The van der Waals surface area contributed by atoms with Crippen LogP contribution in [0.5, 0.6) is 0 Å². The summed E-state index contributed by atoms with van der Waals surface area (Å²) in [4.78, 5) is 4.87. The second kappa shape index (κ2) is 5.03. The maximum Gasteiger partial charge on any atom is 0.438 e. The lowest BCUT2D eigenvalue weighted by Gasteiger charge is -2.40. The van der Waals surface area contributed by atoms with Crippen molar-refractivity contribution in [3.63, 3.8) is 0 Å². The Bertz CT molecular complexity index is 311. The van der Waals surface area contributed by atoms with Gasteiger partial charge in [0.1, 0.15) is 6.23 Å². The van der Waals surface area contributed by atoms with E-state index in [1.165, 1.54) is 4.90 Å². The second-order valence-corrected chi connectivity index (χ2v) is 4.41. The Balaban J connectivity index is 3.06. The van der Waals surface area contributed by atoms with Crippen molar-refractivity contribution < 1.29 is 23.0 Å². The third-order valence-electron chi connectivity index (χ3n) is 2.47. The number of amidine groups is 1. The Labute approximate surface area is 102 Å². The van der Waals surface area contributed by atoms with E-state index >= 15 is 0 Å². The standard InChI is InChI=1S/C9H15F3N2O2S/c1-4-16-6-5-8(15,9(10,11)12)13-7(17-3)14(6)2/h6,15H,4-5H2,1-3H3/t6-,8-/m1/s1. The zero-order chi connectivity index (χ0) is 13.3. The number of rotatable bonds is 2. The molecular weight excluding hydrogens is 257 g/mol. The number of aliphatic imine (C=N–C) groups is 1. The number of hydrogen-bond donors (Lipinski definition) is 1. The SMILES string of the molecule is CCO[C@@H]1C[C@@](O)(C(F)(F)F)N=C(SC)N1C. The summed E-state index contributed by atoms with van der Waals surface area (Å²) in [5, 5.41) is 9.70. The van der Waals surface area contributed by atoms with Crippen molar-refractivity contribution >= 4 is 16.9 Å². The summed E-state index contributed by atoms with van der Waals surface area (Å²) in [6, 6.07) is 0. The zero-order valence-corrected chi connectivity index (χ0v) is 10.6. The monoisotopic (exact) mass is 272 g/mol. The first kappa shape index (κ1) is 14.6. The molecule has 8 heteroatoms. The van der Waals surface area contributed by atoms with E-state index < -0.39 is 24.6 Å². The molecule has 0 aromatic heterocycles. The van der Waals surface area contributed by atoms with Gasteiger partial charge in [0.25, 0.3) is 5.72 Å². The Morgan fingerprint density at radius 3 is 2.65 bits per heavy atom. The van der Waals surface area contributed by atoms with Gasteiger partial charge in [-0.3, -0.25) is 0 Å². The molecule has 100 valence electrons. The largest absolute Gasteiger partial charge is 0.438 e. The highest BCUT2D eigenvalue weighted by atomic mass is 32.2. The highest BCUT2D eigenvalue weighted by Gasteiger charge is 2.58.